The second kappa shape index (κ2) is 4.80. The molecule has 0 saturated heterocycles. The summed E-state index contributed by atoms with van der Waals surface area (Å²) in [6.07, 6.45) is 2.83. The largest absolute Gasteiger partial charge is 0.399 e. The fraction of sp³-hybridized carbons (Fsp3) is 0.571. The number of anilines is 1. The van der Waals surface area contributed by atoms with Gasteiger partial charge in [0.05, 0.1) is 4.90 Å². The summed E-state index contributed by atoms with van der Waals surface area (Å²) in [5, 5.41) is 0. The summed E-state index contributed by atoms with van der Waals surface area (Å²) in [5.74, 6) is 0. The number of hydrogen-bond acceptors (Lipinski definition) is 3. The zero-order valence-corrected chi connectivity index (χ0v) is 12.5. The van der Waals surface area contributed by atoms with Crippen molar-refractivity contribution in [1.82, 2.24) is 4.72 Å². The van der Waals surface area contributed by atoms with Crippen LogP contribution in [0, 0.1) is 12.3 Å². The quantitative estimate of drug-likeness (QED) is 0.836. The van der Waals surface area contributed by atoms with Gasteiger partial charge in [-0.15, -0.1) is 0 Å². The van der Waals surface area contributed by atoms with Crippen LogP contribution in [0.15, 0.2) is 23.1 Å². The van der Waals surface area contributed by atoms with Crippen LogP contribution in [0.5, 0.6) is 0 Å². The molecule has 19 heavy (non-hydrogen) atoms. The van der Waals surface area contributed by atoms with Crippen LogP contribution in [-0.4, -0.2) is 14.5 Å². The van der Waals surface area contributed by atoms with E-state index in [0.717, 1.165) is 24.8 Å². The van der Waals surface area contributed by atoms with Gasteiger partial charge in [0.1, 0.15) is 0 Å². The predicted octanol–water partition coefficient (Wildman–Crippen LogP) is 2.43. The van der Waals surface area contributed by atoms with Crippen LogP contribution in [0.4, 0.5) is 5.69 Å². The van der Waals surface area contributed by atoms with E-state index in [2.05, 4.69) is 18.6 Å². The molecule has 0 aromatic heterocycles. The van der Waals surface area contributed by atoms with Crippen LogP contribution < -0.4 is 10.5 Å². The topological polar surface area (TPSA) is 72.2 Å². The van der Waals surface area contributed by atoms with E-state index in [1.807, 2.05) is 6.92 Å². The Morgan fingerprint density at radius 1 is 1.32 bits per heavy atom. The molecule has 0 amide bonds. The molecule has 106 valence electrons. The highest BCUT2D eigenvalue weighted by atomic mass is 32.2. The van der Waals surface area contributed by atoms with Crippen molar-refractivity contribution in [2.75, 3.05) is 5.73 Å². The van der Waals surface area contributed by atoms with Crippen LogP contribution in [0.3, 0.4) is 0 Å². The SMILES string of the molecule is Cc1cc(N)cc(S(=O)(=O)NC2CCC(C)(C)C2)c1. The molecule has 1 unspecified atom stereocenters. The Morgan fingerprint density at radius 3 is 2.53 bits per heavy atom. The molecule has 1 atom stereocenters. The average Bonchev–Trinajstić information content (AvgIpc) is 2.55. The van der Waals surface area contributed by atoms with Crippen LogP contribution in [-0.2, 0) is 10.0 Å². The molecule has 1 aromatic rings. The van der Waals surface area contributed by atoms with Crippen LogP contribution >= 0.6 is 0 Å². The standard InChI is InChI=1S/C14H22N2O2S/c1-10-6-11(15)8-13(7-10)19(17,18)16-12-4-5-14(2,3)9-12/h6-8,12,16H,4-5,9,15H2,1-3H3. The summed E-state index contributed by atoms with van der Waals surface area (Å²) in [6, 6.07) is 4.95. The summed E-state index contributed by atoms with van der Waals surface area (Å²) >= 11 is 0. The van der Waals surface area contributed by atoms with Gasteiger partial charge in [0.15, 0.2) is 0 Å². The van der Waals surface area contributed by atoms with Gasteiger partial charge in [0.2, 0.25) is 10.0 Å². The van der Waals surface area contributed by atoms with E-state index in [1.165, 1.54) is 6.07 Å². The first-order chi connectivity index (χ1) is 8.68. The maximum atomic E-state index is 12.3. The molecule has 0 aliphatic heterocycles. The van der Waals surface area contributed by atoms with Gasteiger partial charge in [-0.2, -0.15) is 0 Å². The lowest BCUT2D eigenvalue weighted by molar-refractivity contribution is 0.372. The highest BCUT2D eigenvalue weighted by Gasteiger charge is 2.33. The van der Waals surface area contributed by atoms with Crippen LogP contribution in [0.1, 0.15) is 38.7 Å². The predicted molar refractivity (Wildman–Crippen MR) is 77.3 cm³/mol. The van der Waals surface area contributed by atoms with Gasteiger partial charge in [-0.25, -0.2) is 13.1 Å². The third-order valence-corrected chi connectivity index (χ3v) is 5.17. The lowest BCUT2D eigenvalue weighted by atomic mass is 9.92. The minimum Gasteiger partial charge on any atom is -0.399 e. The number of aryl methyl sites for hydroxylation is 1. The molecule has 0 heterocycles. The Bertz CT molecular complexity index is 559. The molecule has 0 bridgehead atoms. The van der Waals surface area contributed by atoms with E-state index in [9.17, 15) is 8.42 Å². The summed E-state index contributed by atoms with van der Waals surface area (Å²) < 4.78 is 27.5. The summed E-state index contributed by atoms with van der Waals surface area (Å²) in [7, 11) is -3.47. The Morgan fingerprint density at radius 2 is 2.00 bits per heavy atom. The van der Waals surface area contributed by atoms with Gasteiger partial charge in [-0.3, -0.25) is 0 Å². The number of hydrogen-bond donors (Lipinski definition) is 2. The van der Waals surface area contributed by atoms with Crippen LogP contribution in [0.2, 0.25) is 0 Å². The zero-order chi connectivity index (χ0) is 14.3. The van der Waals surface area contributed by atoms with Crippen LogP contribution in [0.25, 0.3) is 0 Å². The average molecular weight is 282 g/mol. The van der Waals surface area contributed by atoms with Crippen molar-refractivity contribution in [3.8, 4) is 0 Å². The van der Waals surface area contributed by atoms with Crippen molar-refractivity contribution >= 4 is 15.7 Å². The maximum absolute atomic E-state index is 12.3. The first kappa shape index (κ1) is 14.3. The second-order valence-electron chi connectivity index (χ2n) is 6.30. The van der Waals surface area contributed by atoms with Crippen molar-refractivity contribution < 1.29 is 8.42 Å². The molecule has 3 N–H and O–H groups in total. The van der Waals surface area contributed by atoms with Gasteiger partial charge < -0.3 is 5.73 Å². The highest BCUT2D eigenvalue weighted by Crippen LogP contribution is 2.37. The van der Waals surface area contributed by atoms with Gasteiger partial charge in [0.25, 0.3) is 0 Å². The molecule has 1 aromatic carbocycles. The fourth-order valence-electron chi connectivity index (χ4n) is 2.76. The van der Waals surface area contributed by atoms with E-state index >= 15 is 0 Å². The van der Waals surface area contributed by atoms with Crippen molar-refractivity contribution in [2.45, 2.75) is 51.0 Å². The van der Waals surface area contributed by atoms with E-state index in [-0.39, 0.29) is 16.4 Å². The summed E-state index contributed by atoms with van der Waals surface area (Å²) in [6.45, 7) is 6.19. The number of nitrogens with two attached hydrogens (primary N) is 1. The van der Waals surface area contributed by atoms with Gasteiger partial charge in [0, 0.05) is 11.7 Å². The van der Waals surface area contributed by atoms with E-state index in [4.69, 9.17) is 5.73 Å². The molecule has 0 radical (unpaired) electrons. The normalized spacial score (nSPS) is 22.6. The first-order valence-electron chi connectivity index (χ1n) is 6.57. The zero-order valence-electron chi connectivity index (χ0n) is 11.7. The van der Waals surface area contributed by atoms with Crippen molar-refractivity contribution in [3.63, 3.8) is 0 Å². The van der Waals surface area contributed by atoms with E-state index in [0.29, 0.717) is 5.69 Å². The minimum atomic E-state index is -3.47. The molecule has 4 nitrogen and oxygen atoms in total. The number of nitrogens with one attached hydrogen (secondary N) is 1. The third kappa shape index (κ3) is 3.48. The summed E-state index contributed by atoms with van der Waals surface area (Å²) in [4.78, 5) is 0.259. The number of rotatable bonds is 3. The van der Waals surface area contributed by atoms with Gasteiger partial charge >= 0.3 is 0 Å². The molecule has 0 spiro atoms. The monoisotopic (exact) mass is 282 g/mol. The van der Waals surface area contributed by atoms with E-state index in [1.54, 1.807) is 12.1 Å². The highest BCUT2D eigenvalue weighted by molar-refractivity contribution is 7.89. The van der Waals surface area contributed by atoms with Crippen molar-refractivity contribution in [2.24, 2.45) is 5.41 Å². The van der Waals surface area contributed by atoms with Crippen molar-refractivity contribution in [3.05, 3.63) is 23.8 Å². The Hall–Kier alpha value is -1.07. The maximum Gasteiger partial charge on any atom is 0.240 e. The Kier molecular flexibility index (Phi) is 3.62. The third-order valence-electron chi connectivity index (χ3n) is 3.67. The lowest BCUT2D eigenvalue weighted by Gasteiger charge is -2.18. The van der Waals surface area contributed by atoms with E-state index < -0.39 is 10.0 Å². The molecule has 1 saturated carbocycles. The molecule has 2 rings (SSSR count). The molecular formula is C14H22N2O2S. The van der Waals surface area contributed by atoms with Crippen molar-refractivity contribution in [1.29, 1.82) is 0 Å². The molecular weight excluding hydrogens is 260 g/mol. The number of sulfonamides is 1. The smallest absolute Gasteiger partial charge is 0.240 e. The van der Waals surface area contributed by atoms with Gasteiger partial charge in [-0.05, 0) is 55.4 Å². The number of benzene rings is 1. The Labute approximate surface area is 115 Å². The summed E-state index contributed by atoms with van der Waals surface area (Å²) in [5.41, 5.74) is 7.27. The fourth-order valence-corrected chi connectivity index (χ4v) is 4.16. The Balaban J connectivity index is 2.19. The molecule has 1 fully saturated rings. The van der Waals surface area contributed by atoms with Gasteiger partial charge in [-0.1, -0.05) is 13.8 Å². The first-order valence-corrected chi connectivity index (χ1v) is 8.06. The molecule has 1 aliphatic rings. The minimum absolute atomic E-state index is 0.0294. The number of nitrogen functional groups attached to an aromatic ring is 1. The lowest BCUT2D eigenvalue weighted by Crippen LogP contribution is -2.33. The molecule has 1 aliphatic carbocycles. The molecule has 5 heteroatoms. The second-order valence-corrected chi connectivity index (χ2v) is 8.02.